The lowest BCUT2D eigenvalue weighted by molar-refractivity contribution is -0.159. The average molecular weight is 277 g/mol. The molecular formula is C11H10F3NO4. The van der Waals surface area contributed by atoms with E-state index in [1.165, 1.54) is 12.1 Å². The molecule has 1 heterocycles. The lowest BCUT2D eigenvalue weighted by Gasteiger charge is -2.19. The maximum absolute atomic E-state index is 11.8. The number of hydrogen-bond acceptors (Lipinski definition) is 4. The van der Waals surface area contributed by atoms with Crippen LogP contribution in [0.4, 0.5) is 23.7 Å². The van der Waals surface area contributed by atoms with Gasteiger partial charge in [0.1, 0.15) is 13.2 Å². The largest absolute Gasteiger partial charge is 0.486 e. The highest BCUT2D eigenvalue weighted by Gasteiger charge is 2.29. The van der Waals surface area contributed by atoms with Gasteiger partial charge in [-0.2, -0.15) is 13.2 Å². The summed E-state index contributed by atoms with van der Waals surface area (Å²) in [7, 11) is 0. The number of carbonyl (C=O) groups is 1. The van der Waals surface area contributed by atoms with Gasteiger partial charge in [-0.05, 0) is 12.1 Å². The lowest BCUT2D eigenvalue weighted by atomic mass is 10.2. The molecule has 0 unspecified atom stereocenters. The van der Waals surface area contributed by atoms with Crippen LogP contribution in [0.25, 0.3) is 0 Å². The van der Waals surface area contributed by atoms with Gasteiger partial charge in [0.2, 0.25) is 0 Å². The number of fused-ring (bicyclic) bond motifs is 1. The summed E-state index contributed by atoms with van der Waals surface area (Å²) in [5.74, 6) is 0.931. The molecule has 1 amide bonds. The van der Waals surface area contributed by atoms with Crippen LogP contribution in [0.1, 0.15) is 0 Å². The van der Waals surface area contributed by atoms with Gasteiger partial charge in [0.25, 0.3) is 0 Å². The van der Waals surface area contributed by atoms with Crippen LogP contribution in [0.15, 0.2) is 18.2 Å². The predicted octanol–water partition coefficient (Wildman–Crippen LogP) is 2.57. The number of carbonyl (C=O) groups excluding carboxylic acids is 1. The summed E-state index contributed by atoms with van der Waals surface area (Å²) < 4.78 is 50.0. The molecule has 5 nitrogen and oxygen atoms in total. The quantitative estimate of drug-likeness (QED) is 0.902. The van der Waals surface area contributed by atoms with Gasteiger partial charge >= 0.3 is 12.3 Å². The molecule has 0 saturated carbocycles. The van der Waals surface area contributed by atoms with E-state index in [9.17, 15) is 18.0 Å². The molecule has 1 aliphatic rings. The third kappa shape index (κ3) is 3.94. The molecule has 104 valence electrons. The Kier molecular flexibility index (Phi) is 3.68. The molecule has 0 fully saturated rings. The van der Waals surface area contributed by atoms with Crippen molar-refractivity contribution in [1.29, 1.82) is 0 Å². The highest BCUT2D eigenvalue weighted by molar-refractivity contribution is 5.85. The molecule has 8 heteroatoms. The summed E-state index contributed by atoms with van der Waals surface area (Å²) in [6, 6.07) is 4.47. The standard InChI is InChI=1S/C11H10F3NO4/c12-11(13,14)6-19-10(16)15-7-1-2-8-9(5-7)18-4-3-17-8/h1-2,5H,3-4,6H2,(H,15,16). The van der Waals surface area contributed by atoms with E-state index < -0.39 is 18.9 Å². The number of halogens is 3. The van der Waals surface area contributed by atoms with Crippen molar-refractivity contribution in [2.24, 2.45) is 0 Å². The second kappa shape index (κ2) is 5.25. The van der Waals surface area contributed by atoms with Gasteiger partial charge in [-0.1, -0.05) is 0 Å². The SMILES string of the molecule is O=C(Nc1ccc2c(c1)OCCO2)OCC(F)(F)F. The van der Waals surface area contributed by atoms with Crippen LogP contribution in [0.3, 0.4) is 0 Å². The van der Waals surface area contributed by atoms with Gasteiger partial charge in [0, 0.05) is 11.8 Å². The second-order valence-electron chi connectivity index (χ2n) is 3.67. The normalized spacial score (nSPS) is 13.8. The first-order valence-electron chi connectivity index (χ1n) is 5.34. The van der Waals surface area contributed by atoms with Gasteiger partial charge in [0.05, 0.1) is 0 Å². The monoisotopic (exact) mass is 277 g/mol. The van der Waals surface area contributed by atoms with E-state index in [1.54, 1.807) is 6.07 Å². The lowest BCUT2D eigenvalue weighted by Crippen LogP contribution is -2.23. The minimum atomic E-state index is -4.55. The third-order valence-electron chi connectivity index (χ3n) is 2.16. The zero-order chi connectivity index (χ0) is 13.9. The molecule has 19 heavy (non-hydrogen) atoms. The number of ether oxygens (including phenoxy) is 3. The molecule has 0 bridgehead atoms. The van der Waals surface area contributed by atoms with E-state index in [-0.39, 0.29) is 5.69 Å². The Bertz CT molecular complexity index is 475. The molecule has 0 aliphatic carbocycles. The number of nitrogens with one attached hydrogen (secondary N) is 1. The number of alkyl halides is 3. The van der Waals surface area contributed by atoms with Crippen molar-refractivity contribution in [3.63, 3.8) is 0 Å². The van der Waals surface area contributed by atoms with E-state index in [4.69, 9.17) is 9.47 Å². The maximum atomic E-state index is 11.8. The Morgan fingerprint density at radius 2 is 1.95 bits per heavy atom. The molecule has 0 saturated heterocycles. The van der Waals surface area contributed by atoms with Crippen molar-refractivity contribution in [2.75, 3.05) is 25.1 Å². The summed E-state index contributed by atoms with van der Waals surface area (Å²) in [5.41, 5.74) is 0.261. The number of rotatable bonds is 2. The molecule has 1 N–H and O–H groups in total. The maximum Gasteiger partial charge on any atom is 0.422 e. The second-order valence-corrected chi connectivity index (χ2v) is 3.67. The van der Waals surface area contributed by atoms with Crippen LogP contribution < -0.4 is 14.8 Å². The summed E-state index contributed by atoms with van der Waals surface area (Å²) in [4.78, 5) is 11.1. The van der Waals surface area contributed by atoms with Crippen molar-refractivity contribution in [2.45, 2.75) is 6.18 Å². The van der Waals surface area contributed by atoms with Crippen molar-refractivity contribution in [1.82, 2.24) is 0 Å². The summed E-state index contributed by atoms with van der Waals surface area (Å²) >= 11 is 0. The van der Waals surface area contributed by atoms with Gasteiger partial charge in [-0.3, -0.25) is 5.32 Å². The number of anilines is 1. The molecule has 0 radical (unpaired) electrons. The summed E-state index contributed by atoms with van der Waals surface area (Å²) in [6.45, 7) is -0.842. The van der Waals surface area contributed by atoms with E-state index in [0.717, 1.165) is 0 Å². The molecule has 1 aromatic rings. The van der Waals surface area contributed by atoms with Crippen molar-refractivity contribution >= 4 is 11.8 Å². The molecule has 0 aromatic heterocycles. The number of amides is 1. The van der Waals surface area contributed by atoms with E-state index in [1.807, 2.05) is 0 Å². The fourth-order valence-corrected chi connectivity index (χ4v) is 1.42. The van der Waals surface area contributed by atoms with E-state index in [0.29, 0.717) is 24.7 Å². The zero-order valence-corrected chi connectivity index (χ0v) is 9.62. The Labute approximate surface area is 106 Å². The zero-order valence-electron chi connectivity index (χ0n) is 9.62. The highest BCUT2D eigenvalue weighted by Crippen LogP contribution is 2.32. The van der Waals surface area contributed by atoms with E-state index >= 15 is 0 Å². The number of hydrogen-bond donors (Lipinski definition) is 1. The van der Waals surface area contributed by atoms with Crippen molar-refractivity contribution in [3.8, 4) is 11.5 Å². The van der Waals surface area contributed by atoms with Gasteiger partial charge < -0.3 is 14.2 Å². The predicted molar refractivity (Wildman–Crippen MR) is 58.5 cm³/mol. The topological polar surface area (TPSA) is 56.8 Å². The minimum Gasteiger partial charge on any atom is -0.486 e. The molecule has 0 atom stereocenters. The fraction of sp³-hybridized carbons (Fsp3) is 0.364. The van der Waals surface area contributed by atoms with Gasteiger partial charge in [-0.25, -0.2) is 4.79 Å². The van der Waals surface area contributed by atoms with Crippen molar-refractivity contribution in [3.05, 3.63) is 18.2 Å². The minimum absolute atomic E-state index is 0.261. The van der Waals surface area contributed by atoms with Crippen LogP contribution in [0, 0.1) is 0 Å². The van der Waals surface area contributed by atoms with E-state index in [2.05, 4.69) is 10.1 Å². The molecule has 1 aliphatic heterocycles. The Morgan fingerprint density at radius 3 is 2.63 bits per heavy atom. The Hall–Kier alpha value is -2.12. The smallest absolute Gasteiger partial charge is 0.422 e. The van der Waals surface area contributed by atoms with Crippen LogP contribution >= 0.6 is 0 Å². The van der Waals surface area contributed by atoms with Crippen LogP contribution in [0.5, 0.6) is 11.5 Å². The highest BCUT2D eigenvalue weighted by atomic mass is 19.4. The summed E-state index contributed by atoms with van der Waals surface area (Å²) in [5, 5.41) is 2.17. The van der Waals surface area contributed by atoms with Gasteiger partial charge in [-0.15, -0.1) is 0 Å². The Morgan fingerprint density at radius 1 is 1.26 bits per heavy atom. The Balaban J connectivity index is 1.94. The molecule has 0 spiro atoms. The van der Waals surface area contributed by atoms with Crippen LogP contribution in [-0.2, 0) is 4.74 Å². The first-order valence-corrected chi connectivity index (χ1v) is 5.34. The first kappa shape index (κ1) is 13.3. The third-order valence-corrected chi connectivity index (χ3v) is 2.16. The number of benzene rings is 1. The molecular weight excluding hydrogens is 267 g/mol. The average Bonchev–Trinajstić information content (AvgIpc) is 2.35. The molecule has 1 aromatic carbocycles. The van der Waals surface area contributed by atoms with Gasteiger partial charge in [0.15, 0.2) is 18.1 Å². The molecule has 2 rings (SSSR count). The first-order chi connectivity index (χ1) is 8.94. The van der Waals surface area contributed by atoms with Crippen LogP contribution in [0.2, 0.25) is 0 Å². The summed E-state index contributed by atoms with van der Waals surface area (Å²) in [6.07, 6.45) is -5.74. The fourth-order valence-electron chi connectivity index (χ4n) is 1.42. The van der Waals surface area contributed by atoms with Crippen LogP contribution in [-0.4, -0.2) is 32.1 Å². The van der Waals surface area contributed by atoms with Crippen molar-refractivity contribution < 1.29 is 32.2 Å².